The Bertz CT molecular complexity index is 649. The molecule has 0 spiro atoms. The Kier molecular flexibility index (Phi) is 5.79. The van der Waals surface area contributed by atoms with Gasteiger partial charge in [-0.1, -0.05) is 41.1 Å². The summed E-state index contributed by atoms with van der Waals surface area (Å²) in [5.74, 6) is 0.840. The van der Waals surface area contributed by atoms with Gasteiger partial charge in [0, 0.05) is 22.1 Å². The van der Waals surface area contributed by atoms with Gasteiger partial charge in [-0.3, -0.25) is 0 Å². The molecule has 2 aromatic carbocycles. The minimum atomic E-state index is 0.393. The highest BCUT2D eigenvalue weighted by Gasteiger charge is 2.07. The van der Waals surface area contributed by atoms with E-state index in [0.717, 1.165) is 34.4 Å². The number of hydrogen-bond acceptors (Lipinski definition) is 3. The molecule has 0 bridgehead atoms. The number of hydrogen-bond donors (Lipinski definition) is 1. The lowest BCUT2D eigenvalue weighted by molar-refractivity contribution is 0.302. The van der Waals surface area contributed by atoms with Crippen LogP contribution in [0.4, 0.5) is 0 Å². The van der Waals surface area contributed by atoms with Gasteiger partial charge in [-0.15, -0.1) is 0 Å². The highest BCUT2D eigenvalue weighted by Crippen LogP contribution is 2.24. The molecule has 3 nitrogen and oxygen atoms in total. The second-order valence-corrected chi connectivity index (χ2v) is 5.51. The second kappa shape index (κ2) is 7.82. The molecule has 0 atom stereocenters. The summed E-state index contributed by atoms with van der Waals surface area (Å²) in [5.41, 5.74) is 2.65. The Morgan fingerprint density at radius 1 is 1.19 bits per heavy atom. The molecule has 0 saturated carbocycles. The Morgan fingerprint density at radius 3 is 2.76 bits per heavy atom. The molecule has 0 aliphatic rings. The maximum atomic E-state index is 9.10. The van der Waals surface area contributed by atoms with Crippen molar-refractivity contribution in [3.05, 3.63) is 63.6 Å². The first-order valence-corrected chi connectivity index (χ1v) is 7.64. The number of ether oxygens (including phenoxy) is 1. The molecule has 0 saturated heterocycles. The summed E-state index contributed by atoms with van der Waals surface area (Å²) < 4.78 is 6.93. The van der Waals surface area contributed by atoms with Crippen LogP contribution in [0.1, 0.15) is 23.6 Å². The second-order valence-electron chi connectivity index (χ2n) is 4.59. The van der Waals surface area contributed by atoms with Gasteiger partial charge < -0.3 is 10.1 Å². The highest BCUT2D eigenvalue weighted by atomic mass is 79.9. The maximum absolute atomic E-state index is 9.10. The summed E-state index contributed by atoms with van der Waals surface area (Å²) >= 11 is 3.48. The van der Waals surface area contributed by atoms with Gasteiger partial charge in [0.15, 0.2) is 0 Å². The fraction of sp³-hybridized carbons (Fsp3) is 0.235. The molecule has 0 aromatic heterocycles. The number of nitriles is 1. The topological polar surface area (TPSA) is 45.0 Å². The van der Waals surface area contributed by atoms with E-state index in [2.05, 4.69) is 34.2 Å². The molecule has 2 rings (SSSR count). The molecule has 0 heterocycles. The fourth-order valence-corrected chi connectivity index (χ4v) is 2.41. The van der Waals surface area contributed by atoms with Crippen LogP contribution in [-0.2, 0) is 13.2 Å². The van der Waals surface area contributed by atoms with Crippen molar-refractivity contribution in [1.82, 2.24) is 5.32 Å². The quantitative estimate of drug-likeness (QED) is 0.860. The fourth-order valence-electron chi connectivity index (χ4n) is 2.00. The first kappa shape index (κ1) is 15.6. The van der Waals surface area contributed by atoms with Gasteiger partial charge in [0.05, 0.1) is 11.6 Å². The van der Waals surface area contributed by atoms with E-state index in [1.807, 2.05) is 36.4 Å². The maximum Gasteiger partial charge on any atom is 0.124 e. The third kappa shape index (κ3) is 4.32. The minimum absolute atomic E-state index is 0.393. The van der Waals surface area contributed by atoms with Crippen molar-refractivity contribution in [3.63, 3.8) is 0 Å². The van der Waals surface area contributed by atoms with Gasteiger partial charge in [-0.25, -0.2) is 0 Å². The zero-order valence-electron chi connectivity index (χ0n) is 11.9. The summed E-state index contributed by atoms with van der Waals surface area (Å²) in [6, 6.07) is 15.6. The Hall–Kier alpha value is -1.83. The van der Waals surface area contributed by atoms with Gasteiger partial charge in [0.1, 0.15) is 12.4 Å². The van der Waals surface area contributed by atoms with E-state index in [1.165, 1.54) is 0 Å². The van der Waals surface area contributed by atoms with Crippen molar-refractivity contribution >= 4 is 15.9 Å². The highest BCUT2D eigenvalue weighted by molar-refractivity contribution is 9.10. The summed E-state index contributed by atoms with van der Waals surface area (Å²) in [5, 5.41) is 12.4. The van der Waals surface area contributed by atoms with Gasteiger partial charge in [-0.2, -0.15) is 5.26 Å². The molecule has 0 aliphatic heterocycles. The Morgan fingerprint density at radius 2 is 2.00 bits per heavy atom. The number of nitrogens with one attached hydrogen (secondary N) is 1. The number of nitrogens with zero attached hydrogens (tertiary/aromatic N) is 1. The Labute approximate surface area is 133 Å². The molecule has 1 N–H and O–H groups in total. The van der Waals surface area contributed by atoms with Gasteiger partial charge >= 0.3 is 0 Å². The minimum Gasteiger partial charge on any atom is -0.489 e. The van der Waals surface area contributed by atoms with E-state index >= 15 is 0 Å². The van der Waals surface area contributed by atoms with E-state index in [9.17, 15) is 0 Å². The first-order chi connectivity index (χ1) is 10.2. The van der Waals surface area contributed by atoms with E-state index in [0.29, 0.717) is 12.2 Å². The molecule has 21 heavy (non-hydrogen) atoms. The molecular weight excluding hydrogens is 328 g/mol. The van der Waals surface area contributed by atoms with Crippen molar-refractivity contribution in [3.8, 4) is 11.8 Å². The Balaban J connectivity index is 2.14. The zero-order chi connectivity index (χ0) is 15.1. The van der Waals surface area contributed by atoms with Crippen LogP contribution in [0.3, 0.4) is 0 Å². The summed E-state index contributed by atoms with van der Waals surface area (Å²) in [4.78, 5) is 0. The molecule has 108 valence electrons. The molecule has 0 aliphatic carbocycles. The van der Waals surface area contributed by atoms with Crippen LogP contribution in [0, 0.1) is 11.3 Å². The van der Waals surface area contributed by atoms with Crippen LogP contribution in [-0.4, -0.2) is 6.54 Å². The molecule has 4 heteroatoms. The van der Waals surface area contributed by atoms with Gasteiger partial charge in [0.25, 0.3) is 0 Å². The van der Waals surface area contributed by atoms with Crippen molar-refractivity contribution in [2.45, 2.75) is 20.1 Å². The third-order valence-corrected chi connectivity index (χ3v) is 3.60. The average molecular weight is 345 g/mol. The average Bonchev–Trinajstić information content (AvgIpc) is 2.52. The van der Waals surface area contributed by atoms with Crippen LogP contribution in [0.2, 0.25) is 0 Å². The molecule has 0 fully saturated rings. The van der Waals surface area contributed by atoms with E-state index in [-0.39, 0.29) is 0 Å². The lowest BCUT2D eigenvalue weighted by atomic mass is 10.1. The van der Waals surface area contributed by atoms with E-state index in [1.54, 1.807) is 6.07 Å². The van der Waals surface area contributed by atoms with E-state index < -0.39 is 0 Å². The van der Waals surface area contributed by atoms with Crippen molar-refractivity contribution in [1.29, 1.82) is 5.26 Å². The molecule has 0 radical (unpaired) electrons. The number of benzene rings is 2. The van der Waals surface area contributed by atoms with Crippen LogP contribution in [0.15, 0.2) is 46.9 Å². The zero-order valence-corrected chi connectivity index (χ0v) is 13.5. The SMILES string of the molecule is CCNCc1cc(Br)ccc1OCc1ccccc1C#N. The monoisotopic (exact) mass is 344 g/mol. The molecular formula is C17H17BrN2O. The summed E-state index contributed by atoms with van der Waals surface area (Å²) in [7, 11) is 0. The third-order valence-electron chi connectivity index (χ3n) is 3.11. The van der Waals surface area contributed by atoms with Crippen LogP contribution in [0.5, 0.6) is 5.75 Å². The standard InChI is InChI=1S/C17H17BrN2O/c1-2-20-11-15-9-16(18)7-8-17(15)21-12-14-6-4-3-5-13(14)10-19/h3-9,20H,2,11-12H2,1H3. The van der Waals surface area contributed by atoms with Crippen LogP contribution in [0.25, 0.3) is 0 Å². The molecule has 2 aromatic rings. The predicted octanol–water partition coefficient (Wildman–Crippen LogP) is 4.01. The number of rotatable bonds is 6. The van der Waals surface area contributed by atoms with Crippen LogP contribution < -0.4 is 10.1 Å². The summed E-state index contributed by atoms with van der Waals surface area (Å²) in [6.45, 7) is 4.13. The first-order valence-electron chi connectivity index (χ1n) is 6.84. The van der Waals surface area contributed by atoms with Crippen LogP contribution >= 0.6 is 15.9 Å². The molecule has 0 unspecified atom stereocenters. The lowest BCUT2D eigenvalue weighted by Gasteiger charge is -2.13. The van der Waals surface area contributed by atoms with Crippen molar-refractivity contribution in [2.75, 3.05) is 6.54 Å². The van der Waals surface area contributed by atoms with Gasteiger partial charge in [-0.05, 0) is 30.8 Å². The lowest BCUT2D eigenvalue weighted by Crippen LogP contribution is -2.13. The largest absolute Gasteiger partial charge is 0.489 e. The van der Waals surface area contributed by atoms with Crippen molar-refractivity contribution in [2.24, 2.45) is 0 Å². The predicted molar refractivity (Wildman–Crippen MR) is 87.0 cm³/mol. The normalized spacial score (nSPS) is 10.1. The van der Waals surface area contributed by atoms with Gasteiger partial charge in [0.2, 0.25) is 0 Å². The smallest absolute Gasteiger partial charge is 0.124 e. The van der Waals surface area contributed by atoms with E-state index in [4.69, 9.17) is 10.00 Å². The molecule has 0 amide bonds. The summed E-state index contributed by atoms with van der Waals surface area (Å²) in [6.07, 6.45) is 0. The van der Waals surface area contributed by atoms with Crippen molar-refractivity contribution < 1.29 is 4.74 Å². The number of halogens is 1.